The van der Waals surface area contributed by atoms with Crippen molar-refractivity contribution in [2.45, 2.75) is 12.8 Å². The van der Waals surface area contributed by atoms with E-state index in [0.717, 1.165) is 5.01 Å². The van der Waals surface area contributed by atoms with Crippen molar-refractivity contribution in [2.75, 3.05) is 0 Å². The maximum Gasteiger partial charge on any atom is 0.270 e. The maximum atomic E-state index is 11.8. The molecular formula is C11H8Cl2N2O3. The molecule has 0 aliphatic carbocycles. The van der Waals surface area contributed by atoms with Crippen molar-refractivity contribution in [3.8, 4) is 0 Å². The Morgan fingerprint density at radius 2 is 1.72 bits per heavy atom. The third kappa shape index (κ3) is 2.47. The molecule has 7 heteroatoms. The summed E-state index contributed by atoms with van der Waals surface area (Å²) in [5, 5.41) is 1.27. The second kappa shape index (κ2) is 4.96. The van der Waals surface area contributed by atoms with E-state index in [0.29, 0.717) is 5.02 Å². The van der Waals surface area contributed by atoms with E-state index < -0.39 is 17.7 Å². The number of carbonyl (C=O) groups excluding carboxylic acids is 3. The number of rotatable bonds is 2. The normalized spacial score (nSPS) is 15.1. The van der Waals surface area contributed by atoms with Crippen molar-refractivity contribution in [1.82, 2.24) is 10.4 Å². The highest BCUT2D eigenvalue weighted by atomic mass is 35.5. The van der Waals surface area contributed by atoms with E-state index >= 15 is 0 Å². The molecule has 1 aliphatic rings. The molecule has 3 amide bonds. The SMILES string of the molecule is O=C(NN1C(=O)CCC1=O)c1ccc(Cl)c(Cl)c1. The van der Waals surface area contributed by atoms with Gasteiger partial charge in [0.1, 0.15) is 0 Å². The molecule has 1 heterocycles. The molecule has 1 aliphatic heterocycles. The summed E-state index contributed by atoms with van der Waals surface area (Å²) in [6, 6.07) is 4.28. The summed E-state index contributed by atoms with van der Waals surface area (Å²) in [6.45, 7) is 0. The van der Waals surface area contributed by atoms with Gasteiger partial charge in [0, 0.05) is 18.4 Å². The number of nitrogens with zero attached hydrogens (tertiary/aromatic N) is 1. The molecule has 0 atom stereocenters. The zero-order valence-corrected chi connectivity index (χ0v) is 10.6. The monoisotopic (exact) mass is 286 g/mol. The van der Waals surface area contributed by atoms with Gasteiger partial charge < -0.3 is 0 Å². The van der Waals surface area contributed by atoms with Gasteiger partial charge in [-0.3, -0.25) is 19.8 Å². The van der Waals surface area contributed by atoms with Crippen LogP contribution in [0.25, 0.3) is 0 Å². The van der Waals surface area contributed by atoms with E-state index in [1.807, 2.05) is 0 Å². The van der Waals surface area contributed by atoms with Crippen molar-refractivity contribution in [3.05, 3.63) is 33.8 Å². The number of hydrogen-bond acceptors (Lipinski definition) is 3. The Morgan fingerprint density at radius 3 is 2.28 bits per heavy atom. The smallest absolute Gasteiger partial charge is 0.270 e. The van der Waals surface area contributed by atoms with Gasteiger partial charge in [0.15, 0.2) is 0 Å². The third-order valence-corrected chi connectivity index (χ3v) is 3.19. The summed E-state index contributed by atoms with van der Waals surface area (Å²) < 4.78 is 0. The predicted molar refractivity (Wildman–Crippen MR) is 65.0 cm³/mol. The molecule has 1 aromatic carbocycles. The van der Waals surface area contributed by atoms with E-state index in [-0.39, 0.29) is 23.4 Å². The lowest BCUT2D eigenvalue weighted by molar-refractivity contribution is -0.141. The fourth-order valence-corrected chi connectivity index (χ4v) is 1.80. The van der Waals surface area contributed by atoms with Crippen LogP contribution in [0.3, 0.4) is 0 Å². The van der Waals surface area contributed by atoms with Crippen LogP contribution in [-0.2, 0) is 9.59 Å². The molecule has 1 saturated heterocycles. The maximum absolute atomic E-state index is 11.8. The molecule has 0 spiro atoms. The largest absolute Gasteiger partial charge is 0.273 e. The van der Waals surface area contributed by atoms with Gasteiger partial charge in [-0.25, -0.2) is 0 Å². The molecule has 0 bridgehead atoms. The highest BCUT2D eigenvalue weighted by Crippen LogP contribution is 2.22. The second-order valence-corrected chi connectivity index (χ2v) is 4.51. The Kier molecular flexibility index (Phi) is 3.54. The Bertz CT molecular complexity index is 529. The molecule has 1 N–H and O–H groups in total. The minimum absolute atomic E-state index is 0.112. The number of imide groups is 1. The van der Waals surface area contributed by atoms with E-state index in [4.69, 9.17) is 23.2 Å². The highest BCUT2D eigenvalue weighted by molar-refractivity contribution is 6.42. The Labute approximate surface area is 113 Å². The van der Waals surface area contributed by atoms with Crippen LogP contribution in [0.4, 0.5) is 0 Å². The van der Waals surface area contributed by atoms with Crippen molar-refractivity contribution in [2.24, 2.45) is 0 Å². The molecule has 0 unspecified atom stereocenters. The van der Waals surface area contributed by atoms with Crippen molar-refractivity contribution < 1.29 is 14.4 Å². The number of carbonyl (C=O) groups is 3. The van der Waals surface area contributed by atoms with E-state index in [1.54, 1.807) is 0 Å². The zero-order chi connectivity index (χ0) is 13.3. The van der Waals surface area contributed by atoms with Crippen LogP contribution in [-0.4, -0.2) is 22.7 Å². The molecule has 18 heavy (non-hydrogen) atoms. The molecule has 1 fully saturated rings. The van der Waals surface area contributed by atoms with Crippen LogP contribution in [0.2, 0.25) is 10.0 Å². The zero-order valence-electron chi connectivity index (χ0n) is 9.07. The lowest BCUT2D eigenvalue weighted by Gasteiger charge is -2.14. The number of benzene rings is 1. The van der Waals surface area contributed by atoms with Crippen molar-refractivity contribution in [1.29, 1.82) is 0 Å². The van der Waals surface area contributed by atoms with Crippen LogP contribution in [0, 0.1) is 0 Å². The van der Waals surface area contributed by atoms with Crippen LogP contribution in [0.15, 0.2) is 18.2 Å². The summed E-state index contributed by atoms with van der Waals surface area (Å²) in [5.41, 5.74) is 2.45. The number of nitrogens with one attached hydrogen (secondary N) is 1. The fourth-order valence-electron chi connectivity index (χ4n) is 1.50. The average Bonchev–Trinajstić information content (AvgIpc) is 2.64. The number of hydrogen-bond donors (Lipinski definition) is 1. The first-order valence-corrected chi connectivity index (χ1v) is 5.86. The molecule has 2 rings (SSSR count). The van der Waals surface area contributed by atoms with Gasteiger partial charge in [0.2, 0.25) is 11.8 Å². The van der Waals surface area contributed by atoms with Crippen molar-refractivity contribution >= 4 is 40.9 Å². The topological polar surface area (TPSA) is 66.5 Å². The van der Waals surface area contributed by atoms with Gasteiger partial charge in [0.05, 0.1) is 10.0 Å². The number of halogens is 2. The van der Waals surface area contributed by atoms with Crippen LogP contribution in [0.5, 0.6) is 0 Å². The molecular weight excluding hydrogens is 279 g/mol. The summed E-state index contributed by atoms with van der Waals surface area (Å²) in [5.74, 6) is -1.43. The number of hydrazine groups is 1. The Morgan fingerprint density at radius 1 is 1.11 bits per heavy atom. The minimum atomic E-state index is -0.586. The van der Waals surface area contributed by atoms with Crippen LogP contribution >= 0.6 is 23.2 Å². The summed E-state index contributed by atoms with van der Waals surface area (Å²) in [4.78, 5) is 34.4. The average molecular weight is 287 g/mol. The van der Waals surface area contributed by atoms with Gasteiger partial charge >= 0.3 is 0 Å². The molecule has 1 aromatic rings. The molecule has 0 saturated carbocycles. The summed E-state index contributed by atoms with van der Waals surface area (Å²) in [7, 11) is 0. The van der Waals surface area contributed by atoms with Gasteiger partial charge in [-0.2, -0.15) is 5.01 Å². The summed E-state index contributed by atoms with van der Waals surface area (Å²) in [6.07, 6.45) is 0.223. The lowest BCUT2D eigenvalue weighted by atomic mass is 10.2. The Balaban J connectivity index is 2.14. The highest BCUT2D eigenvalue weighted by Gasteiger charge is 2.30. The van der Waals surface area contributed by atoms with Gasteiger partial charge in [0.25, 0.3) is 5.91 Å². The van der Waals surface area contributed by atoms with Crippen LogP contribution in [0.1, 0.15) is 23.2 Å². The first-order chi connectivity index (χ1) is 8.49. The van der Waals surface area contributed by atoms with Crippen molar-refractivity contribution in [3.63, 3.8) is 0 Å². The quantitative estimate of drug-likeness (QED) is 0.843. The predicted octanol–water partition coefficient (Wildman–Crippen LogP) is 1.79. The molecule has 0 aromatic heterocycles. The molecule has 0 radical (unpaired) electrons. The minimum Gasteiger partial charge on any atom is -0.273 e. The van der Waals surface area contributed by atoms with Gasteiger partial charge in [-0.05, 0) is 18.2 Å². The second-order valence-electron chi connectivity index (χ2n) is 3.69. The van der Waals surface area contributed by atoms with Gasteiger partial charge in [-0.1, -0.05) is 23.2 Å². The standard InChI is InChI=1S/C11H8Cl2N2O3/c12-7-2-1-6(5-8(7)13)11(18)14-15-9(16)3-4-10(15)17/h1-2,5H,3-4H2,(H,14,18). The number of amides is 3. The molecule has 94 valence electrons. The fraction of sp³-hybridized carbons (Fsp3) is 0.182. The first kappa shape index (κ1) is 12.9. The van der Waals surface area contributed by atoms with E-state index in [9.17, 15) is 14.4 Å². The summed E-state index contributed by atoms with van der Waals surface area (Å²) >= 11 is 11.5. The van der Waals surface area contributed by atoms with E-state index in [1.165, 1.54) is 18.2 Å². The molecule has 5 nitrogen and oxygen atoms in total. The van der Waals surface area contributed by atoms with Crippen LogP contribution < -0.4 is 5.43 Å². The lowest BCUT2D eigenvalue weighted by Crippen LogP contribution is -2.45. The Hall–Kier alpha value is -1.59. The van der Waals surface area contributed by atoms with E-state index in [2.05, 4.69) is 5.43 Å². The first-order valence-electron chi connectivity index (χ1n) is 5.11. The third-order valence-electron chi connectivity index (χ3n) is 2.45. The van der Waals surface area contributed by atoms with Gasteiger partial charge in [-0.15, -0.1) is 0 Å².